The van der Waals surface area contributed by atoms with Crippen molar-refractivity contribution in [3.8, 4) is 0 Å². The molecule has 2 N–H and O–H groups in total. The van der Waals surface area contributed by atoms with Crippen molar-refractivity contribution in [3.63, 3.8) is 0 Å². The summed E-state index contributed by atoms with van der Waals surface area (Å²) in [7, 11) is 0. The molecular weight excluding hydrogens is 316 g/mol. The van der Waals surface area contributed by atoms with Crippen LogP contribution in [0.25, 0.3) is 0 Å². The van der Waals surface area contributed by atoms with E-state index < -0.39 is 11.5 Å². The van der Waals surface area contributed by atoms with Gasteiger partial charge < -0.3 is 14.9 Å². The van der Waals surface area contributed by atoms with Crippen LogP contribution in [0.15, 0.2) is 42.5 Å². The molecule has 1 spiro atoms. The van der Waals surface area contributed by atoms with Crippen molar-refractivity contribution >= 4 is 5.97 Å². The predicted octanol–water partition coefficient (Wildman–Crippen LogP) is 3.08. The van der Waals surface area contributed by atoms with Gasteiger partial charge in [0.05, 0.1) is 19.3 Å². The quantitative estimate of drug-likeness (QED) is 0.607. The zero-order valence-corrected chi connectivity index (χ0v) is 14.9. The first-order valence-corrected chi connectivity index (χ1v) is 9.19. The van der Waals surface area contributed by atoms with Crippen molar-refractivity contribution in [1.29, 1.82) is 0 Å². The normalized spacial score (nSPS) is 36.6. The summed E-state index contributed by atoms with van der Waals surface area (Å²) in [4.78, 5) is 12.2. The van der Waals surface area contributed by atoms with Crippen molar-refractivity contribution in [2.24, 2.45) is 23.2 Å². The average Bonchev–Trinajstić information content (AvgIpc) is 2.99. The maximum Gasteiger partial charge on any atom is 0.315 e. The first-order chi connectivity index (χ1) is 12.0. The fourth-order valence-electron chi connectivity index (χ4n) is 5.00. The minimum Gasteiger partial charge on any atom is -0.464 e. The second kappa shape index (κ2) is 7.30. The first kappa shape index (κ1) is 18.2. The fourth-order valence-corrected chi connectivity index (χ4v) is 5.00. The summed E-state index contributed by atoms with van der Waals surface area (Å²) < 4.78 is 5.29. The summed E-state index contributed by atoms with van der Waals surface area (Å²) in [5, 5.41) is 19.0. The molecule has 136 valence electrons. The van der Waals surface area contributed by atoms with Gasteiger partial charge in [-0.2, -0.15) is 0 Å². The Morgan fingerprint density at radius 2 is 1.96 bits per heavy atom. The number of carbonyl (C=O) groups excluding carboxylic acids is 1. The predicted molar refractivity (Wildman–Crippen MR) is 95.5 cm³/mol. The van der Waals surface area contributed by atoms with E-state index in [2.05, 4.69) is 13.5 Å². The molecule has 4 nitrogen and oxygen atoms in total. The largest absolute Gasteiger partial charge is 0.464 e. The molecule has 0 radical (unpaired) electrons. The summed E-state index contributed by atoms with van der Waals surface area (Å²) in [5.41, 5.74) is 1.40. The van der Waals surface area contributed by atoms with Gasteiger partial charge in [-0.05, 0) is 43.1 Å². The van der Waals surface area contributed by atoms with Gasteiger partial charge >= 0.3 is 5.97 Å². The third kappa shape index (κ3) is 3.02. The number of hydrogen-bond donors (Lipinski definition) is 2. The molecular formula is C21H28O4. The first-order valence-electron chi connectivity index (χ1n) is 9.19. The van der Waals surface area contributed by atoms with E-state index in [0.29, 0.717) is 12.5 Å². The highest BCUT2D eigenvalue weighted by atomic mass is 16.5. The van der Waals surface area contributed by atoms with Crippen molar-refractivity contribution in [2.45, 2.75) is 45.3 Å². The molecule has 2 saturated carbocycles. The van der Waals surface area contributed by atoms with E-state index in [1.54, 1.807) is 0 Å². The number of hydrogen-bond acceptors (Lipinski definition) is 4. The van der Waals surface area contributed by atoms with Gasteiger partial charge in [0.15, 0.2) is 0 Å². The lowest BCUT2D eigenvalue weighted by Gasteiger charge is -2.51. The van der Waals surface area contributed by atoms with Crippen LogP contribution in [0.2, 0.25) is 0 Å². The van der Waals surface area contributed by atoms with Crippen molar-refractivity contribution in [2.75, 3.05) is 6.61 Å². The molecule has 0 amide bonds. The van der Waals surface area contributed by atoms with Gasteiger partial charge in [0.25, 0.3) is 0 Å². The topological polar surface area (TPSA) is 66.8 Å². The molecule has 0 bridgehead atoms. The maximum absolute atomic E-state index is 12.2. The second-order valence-electron chi connectivity index (χ2n) is 7.60. The molecule has 2 aliphatic carbocycles. The van der Waals surface area contributed by atoms with E-state index >= 15 is 0 Å². The lowest BCUT2D eigenvalue weighted by molar-refractivity contribution is -0.167. The van der Waals surface area contributed by atoms with E-state index in [-0.39, 0.29) is 24.4 Å². The van der Waals surface area contributed by atoms with E-state index in [1.165, 1.54) is 0 Å². The Bertz CT molecular complexity index is 626. The maximum atomic E-state index is 12.2. The van der Waals surface area contributed by atoms with Crippen LogP contribution in [0.4, 0.5) is 0 Å². The van der Waals surface area contributed by atoms with Gasteiger partial charge in [0.1, 0.15) is 5.41 Å². The van der Waals surface area contributed by atoms with Crippen molar-refractivity contribution in [1.82, 2.24) is 0 Å². The second-order valence-corrected chi connectivity index (χ2v) is 7.60. The third-order valence-electron chi connectivity index (χ3n) is 6.35. The van der Waals surface area contributed by atoms with Crippen LogP contribution in [0, 0.1) is 23.2 Å². The number of benzene rings is 1. The molecule has 0 aromatic heterocycles. The Balaban J connectivity index is 0.000000192. The Labute approximate surface area is 149 Å². The standard InChI is InChI=1S/C14H20O3.C7H8O/c1-8-4-6-12(15)14-10(8)5-3-9(2)11(14)7-17-13(14)16;8-6-7-4-2-1-3-5-7/h8,10-12,15H,2-7H2,1H3;1-5,8H,6H2. The lowest BCUT2D eigenvalue weighted by Crippen LogP contribution is -2.57. The van der Waals surface area contributed by atoms with Crippen molar-refractivity contribution < 1.29 is 19.7 Å². The molecule has 5 unspecified atom stereocenters. The summed E-state index contributed by atoms with van der Waals surface area (Å²) in [6, 6.07) is 9.52. The van der Waals surface area contributed by atoms with E-state index in [4.69, 9.17) is 9.84 Å². The molecule has 1 aromatic carbocycles. The number of rotatable bonds is 1. The molecule has 1 aromatic rings. The minimum atomic E-state index is -0.660. The smallest absolute Gasteiger partial charge is 0.315 e. The van der Waals surface area contributed by atoms with Gasteiger partial charge in [0, 0.05) is 5.92 Å². The molecule has 4 rings (SSSR count). The van der Waals surface area contributed by atoms with Crippen LogP contribution < -0.4 is 0 Å². The summed E-state index contributed by atoms with van der Waals surface area (Å²) >= 11 is 0. The van der Waals surface area contributed by atoms with Crippen LogP contribution in [0.3, 0.4) is 0 Å². The minimum absolute atomic E-state index is 0.0477. The molecule has 3 aliphatic rings. The van der Waals surface area contributed by atoms with Gasteiger partial charge in [-0.3, -0.25) is 4.79 Å². The highest BCUT2D eigenvalue weighted by molar-refractivity contribution is 5.82. The third-order valence-corrected chi connectivity index (χ3v) is 6.35. The lowest BCUT2D eigenvalue weighted by atomic mass is 9.50. The van der Waals surface area contributed by atoms with Crippen LogP contribution in [0.1, 0.15) is 38.2 Å². The molecule has 1 heterocycles. The van der Waals surface area contributed by atoms with Crippen LogP contribution >= 0.6 is 0 Å². The number of aliphatic hydroxyl groups excluding tert-OH is 2. The van der Waals surface area contributed by atoms with Crippen molar-refractivity contribution in [3.05, 3.63) is 48.0 Å². The monoisotopic (exact) mass is 344 g/mol. The average molecular weight is 344 g/mol. The SMILES string of the molecule is C=C1CCC2C(C)CCC(O)C23C(=O)OCC13.OCc1ccccc1. The van der Waals surface area contributed by atoms with E-state index in [0.717, 1.165) is 36.8 Å². The van der Waals surface area contributed by atoms with Gasteiger partial charge in [-0.15, -0.1) is 0 Å². The van der Waals surface area contributed by atoms with Gasteiger partial charge in [0.2, 0.25) is 0 Å². The van der Waals surface area contributed by atoms with Crippen LogP contribution in [-0.2, 0) is 16.1 Å². The highest BCUT2D eigenvalue weighted by Gasteiger charge is 2.65. The molecule has 1 aliphatic heterocycles. The molecule has 4 heteroatoms. The Morgan fingerprint density at radius 1 is 1.24 bits per heavy atom. The molecule has 1 saturated heterocycles. The number of carbonyl (C=O) groups is 1. The Hall–Kier alpha value is -1.65. The van der Waals surface area contributed by atoms with Crippen LogP contribution in [0.5, 0.6) is 0 Å². The summed E-state index contributed by atoms with van der Waals surface area (Å²) in [5.74, 6) is 0.648. The van der Waals surface area contributed by atoms with E-state index in [9.17, 15) is 9.90 Å². The molecule has 5 atom stereocenters. The highest BCUT2D eigenvalue weighted by Crippen LogP contribution is 2.59. The number of cyclic esters (lactones) is 1. The van der Waals surface area contributed by atoms with Crippen LogP contribution in [-0.4, -0.2) is 28.9 Å². The summed E-state index contributed by atoms with van der Waals surface area (Å²) in [6.45, 7) is 6.86. The number of esters is 1. The Kier molecular flexibility index (Phi) is 5.30. The van der Waals surface area contributed by atoms with E-state index in [1.807, 2.05) is 30.3 Å². The summed E-state index contributed by atoms with van der Waals surface area (Å²) in [6.07, 6.45) is 3.14. The molecule has 3 fully saturated rings. The fraction of sp³-hybridized carbons (Fsp3) is 0.571. The zero-order chi connectivity index (χ0) is 18.0. The zero-order valence-electron chi connectivity index (χ0n) is 14.9. The number of ether oxygens (including phenoxy) is 1. The number of aliphatic hydroxyl groups is 2. The van der Waals surface area contributed by atoms with Gasteiger partial charge in [-0.1, -0.05) is 49.4 Å². The molecule has 25 heavy (non-hydrogen) atoms. The van der Waals surface area contributed by atoms with Gasteiger partial charge in [-0.25, -0.2) is 0 Å². The Morgan fingerprint density at radius 3 is 2.60 bits per heavy atom.